The van der Waals surface area contributed by atoms with Gasteiger partial charge in [0.1, 0.15) is 0 Å². The van der Waals surface area contributed by atoms with Crippen LogP contribution in [-0.2, 0) is 0 Å². The smallest absolute Gasteiger partial charge is 0.247 e. The largest absolute Gasteiger partial charge is 0.371 e. The molecule has 2 saturated heterocycles. The Morgan fingerprint density at radius 2 is 0.942 bits per heavy atom. The van der Waals surface area contributed by atoms with Gasteiger partial charge in [-0.2, -0.15) is 0 Å². The van der Waals surface area contributed by atoms with Crippen LogP contribution in [0, 0.1) is 23.7 Å². The number of para-hydroxylation sites is 2. The highest BCUT2D eigenvalue weighted by Gasteiger charge is 2.39. The minimum Gasteiger partial charge on any atom is -0.371 e. The molecule has 2 fully saturated rings. The van der Waals surface area contributed by atoms with E-state index in [0.717, 1.165) is 49.9 Å². The lowest BCUT2D eigenvalue weighted by molar-refractivity contribution is 0.311. The van der Waals surface area contributed by atoms with Crippen LogP contribution in [-0.4, -0.2) is 32.9 Å². The van der Waals surface area contributed by atoms with Crippen molar-refractivity contribution in [2.24, 2.45) is 23.7 Å². The van der Waals surface area contributed by atoms with Gasteiger partial charge < -0.3 is 14.7 Å². The summed E-state index contributed by atoms with van der Waals surface area (Å²) in [7, 11) is 0. The number of rotatable bonds is 7. The number of hydrogen-bond donors (Lipinski definition) is 0. The average molecular weight is 720 g/mol. The van der Waals surface area contributed by atoms with Crippen molar-refractivity contribution in [3.05, 3.63) is 109 Å². The first-order chi connectivity index (χ1) is 25.4. The molecule has 0 radical (unpaired) electrons. The van der Waals surface area contributed by atoms with Crippen LogP contribution in [0.4, 0.5) is 28.4 Å². The van der Waals surface area contributed by atoms with Crippen LogP contribution in [0.5, 0.6) is 0 Å². The minimum absolute atomic E-state index is 0.231. The highest BCUT2D eigenvalue weighted by molar-refractivity contribution is 8.01. The van der Waals surface area contributed by atoms with Gasteiger partial charge in [-0.1, -0.05) is 111 Å². The molecule has 5 aromatic rings. The van der Waals surface area contributed by atoms with Gasteiger partial charge in [-0.3, -0.25) is 0 Å². The Morgan fingerprint density at radius 1 is 0.519 bits per heavy atom. The Hall–Kier alpha value is -3.74. The molecule has 0 aliphatic carbocycles. The Balaban J connectivity index is 1.14. The highest BCUT2D eigenvalue weighted by atomic mass is 32.2. The summed E-state index contributed by atoms with van der Waals surface area (Å²) in [4.78, 5) is 13.3. The number of piperidine rings is 2. The lowest BCUT2D eigenvalue weighted by Gasteiger charge is -2.38. The zero-order valence-electron chi connectivity index (χ0n) is 31.1. The maximum Gasteiger partial charge on any atom is 0.247 e. The van der Waals surface area contributed by atoms with Gasteiger partial charge in [0, 0.05) is 74.2 Å². The van der Waals surface area contributed by atoms with Gasteiger partial charge in [0.2, 0.25) is 6.71 Å². The van der Waals surface area contributed by atoms with Crippen LogP contribution in [0.25, 0.3) is 0 Å². The van der Waals surface area contributed by atoms with Gasteiger partial charge in [-0.05, 0) is 115 Å². The molecule has 0 unspecified atom stereocenters. The molecular formula is C46H50BN3S2. The molecule has 0 amide bonds. The van der Waals surface area contributed by atoms with Crippen molar-refractivity contribution >= 4 is 75.1 Å². The van der Waals surface area contributed by atoms with Gasteiger partial charge in [0.05, 0.1) is 0 Å². The van der Waals surface area contributed by atoms with Crippen molar-refractivity contribution in [3.63, 3.8) is 0 Å². The summed E-state index contributed by atoms with van der Waals surface area (Å²) in [5.74, 6) is 3.21. The Labute approximate surface area is 320 Å². The van der Waals surface area contributed by atoms with E-state index in [1.165, 1.54) is 90.1 Å². The molecule has 4 heterocycles. The molecule has 5 aromatic carbocycles. The topological polar surface area (TPSA) is 9.72 Å². The van der Waals surface area contributed by atoms with Gasteiger partial charge in [-0.15, -0.1) is 0 Å². The van der Waals surface area contributed by atoms with Crippen molar-refractivity contribution in [2.45, 2.75) is 73.0 Å². The number of fused-ring (bicyclic) bond motifs is 4. The molecule has 4 aliphatic rings. The predicted octanol–water partition coefficient (Wildman–Crippen LogP) is 10.3. The number of nitrogens with zero attached hydrogens (tertiary/aromatic N) is 3. The van der Waals surface area contributed by atoms with E-state index in [4.69, 9.17) is 0 Å². The Morgan fingerprint density at radius 3 is 1.35 bits per heavy atom. The molecule has 3 nitrogen and oxygen atoms in total. The van der Waals surface area contributed by atoms with Crippen LogP contribution in [0.15, 0.2) is 129 Å². The monoisotopic (exact) mass is 719 g/mol. The van der Waals surface area contributed by atoms with E-state index in [9.17, 15) is 0 Å². The summed E-state index contributed by atoms with van der Waals surface area (Å²) >= 11 is 3.97. The predicted molar refractivity (Wildman–Crippen MR) is 226 cm³/mol. The van der Waals surface area contributed by atoms with E-state index in [1.54, 1.807) is 0 Å². The number of benzene rings is 5. The molecular weight excluding hydrogens is 669 g/mol. The van der Waals surface area contributed by atoms with Crippen molar-refractivity contribution in [1.82, 2.24) is 0 Å². The van der Waals surface area contributed by atoms with Crippen LogP contribution < -0.4 is 31.1 Å². The third kappa shape index (κ3) is 6.34. The maximum atomic E-state index is 2.64. The zero-order chi connectivity index (χ0) is 35.3. The summed E-state index contributed by atoms with van der Waals surface area (Å²) in [5.41, 5.74) is 10.7. The van der Waals surface area contributed by atoms with E-state index >= 15 is 0 Å². The van der Waals surface area contributed by atoms with Gasteiger partial charge in [0.15, 0.2) is 0 Å². The van der Waals surface area contributed by atoms with Crippen molar-refractivity contribution in [3.8, 4) is 0 Å². The van der Waals surface area contributed by atoms with E-state index < -0.39 is 0 Å². The summed E-state index contributed by atoms with van der Waals surface area (Å²) in [6.45, 7) is 14.4. The number of hydrogen-bond acceptors (Lipinski definition) is 5. The molecule has 0 aromatic heterocycles. The number of anilines is 5. The van der Waals surface area contributed by atoms with Gasteiger partial charge in [0.25, 0.3) is 0 Å². The average Bonchev–Trinajstić information content (AvgIpc) is 3.18. The second-order valence-electron chi connectivity index (χ2n) is 16.1. The van der Waals surface area contributed by atoms with E-state index in [-0.39, 0.29) is 6.71 Å². The first kappa shape index (κ1) is 34.1. The van der Waals surface area contributed by atoms with Crippen molar-refractivity contribution in [2.75, 3.05) is 40.9 Å². The molecule has 264 valence electrons. The molecule has 0 saturated carbocycles. The standard InChI is InChI=1S/C46H50BN3S2/c1-31(2)33-19-23-48(24-20-33)37-15-17-40-42(27-37)51-44-29-39(50(35-11-7-5-8-12-35)36-13-9-6-10-14-36)30-45-46(44)47(40)41-18-16-38(28-43(41)52-45)49-25-21-34(22-26-49)32(3)4/h5-18,27-34H,19-26H2,1-4H3. The summed E-state index contributed by atoms with van der Waals surface area (Å²) in [6.07, 6.45) is 5.15. The molecule has 4 aliphatic heterocycles. The van der Waals surface area contributed by atoms with Crippen LogP contribution in [0.1, 0.15) is 53.4 Å². The first-order valence-corrected chi connectivity index (χ1v) is 21.3. The molecule has 0 spiro atoms. The van der Waals surface area contributed by atoms with Crippen LogP contribution >= 0.6 is 23.5 Å². The fourth-order valence-corrected chi connectivity index (χ4v) is 11.8. The lowest BCUT2D eigenvalue weighted by atomic mass is 9.36. The van der Waals surface area contributed by atoms with Crippen molar-refractivity contribution < 1.29 is 0 Å². The lowest BCUT2D eigenvalue weighted by Crippen LogP contribution is -2.58. The molecule has 0 atom stereocenters. The van der Waals surface area contributed by atoms with Crippen LogP contribution in [0.2, 0.25) is 0 Å². The SMILES string of the molecule is CC(C)C1CCN(c2ccc3c(c2)Sc2cc(N(c4ccccc4)c4ccccc4)cc4c2B3c2ccc(N3CCC(C(C)C)CC3)cc2S4)CC1. The van der Waals surface area contributed by atoms with E-state index in [2.05, 4.69) is 152 Å². The van der Waals surface area contributed by atoms with Crippen LogP contribution in [0.3, 0.4) is 0 Å². The molecule has 0 N–H and O–H groups in total. The molecule has 0 bridgehead atoms. The summed E-state index contributed by atoms with van der Waals surface area (Å²) < 4.78 is 0. The van der Waals surface area contributed by atoms with E-state index in [0.29, 0.717) is 0 Å². The molecule has 6 heteroatoms. The third-order valence-corrected chi connectivity index (χ3v) is 14.7. The second-order valence-corrected chi connectivity index (χ2v) is 18.2. The summed E-state index contributed by atoms with van der Waals surface area (Å²) in [6, 6.07) is 41.5. The third-order valence-electron chi connectivity index (χ3n) is 12.4. The zero-order valence-corrected chi connectivity index (χ0v) is 32.7. The quantitative estimate of drug-likeness (QED) is 0.151. The van der Waals surface area contributed by atoms with Crippen molar-refractivity contribution in [1.29, 1.82) is 0 Å². The molecule has 9 rings (SSSR count). The van der Waals surface area contributed by atoms with Gasteiger partial charge >= 0.3 is 0 Å². The first-order valence-electron chi connectivity index (χ1n) is 19.6. The maximum absolute atomic E-state index is 2.64. The normalized spacial score (nSPS) is 17.3. The minimum atomic E-state index is 0.231. The fraction of sp³-hybridized carbons (Fsp3) is 0.348. The Kier molecular flexibility index (Phi) is 9.33. The molecule has 52 heavy (non-hydrogen) atoms. The second kappa shape index (κ2) is 14.2. The Bertz CT molecular complexity index is 1910. The van der Waals surface area contributed by atoms with E-state index in [1.807, 2.05) is 23.5 Å². The summed E-state index contributed by atoms with van der Waals surface area (Å²) in [5, 5.41) is 0. The van der Waals surface area contributed by atoms with Gasteiger partial charge in [-0.25, -0.2) is 0 Å². The fourth-order valence-electron chi connectivity index (χ4n) is 9.23. The highest BCUT2D eigenvalue weighted by Crippen LogP contribution is 2.45.